The molecule has 0 heterocycles. The van der Waals surface area contributed by atoms with E-state index in [0.29, 0.717) is 18.9 Å². The van der Waals surface area contributed by atoms with Crippen LogP contribution in [-0.4, -0.2) is 4.92 Å². The molecule has 10 heavy (non-hydrogen) atoms. The second-order valence-electron chi connectivity index (χ2n) is 2.74. The number of nitro groups is 1. The molecule has 1 saturated carbocycles. The molecule has 0 aromatic carbocycles. The highest BCUT2D eigenvalue weighted by Crippen LogP contribution is 2.24. The Balaban J connectivity index is 2.35. The average molecular weight is 142 g/mol. The van der Waals surface area contributed by atoms with E-state index >= 15 is 0 Å². The van der Waals surface area contributed by atoms with Gasteiger partial charge in [-0.1, -0.05) is 25.7 Å². The molecule has 0 amide bonds. The van der Waals surface area contributed by atoms with Gasteiger partial charge in [0.1, 0.15) is 0 Å². The van der Waals surface area contributed by atoms with Crippen LogP contribution in [0, 0.1) is 16.2 Å². The van der Waals surface area contributed by atoms with E-state index in [1.165, 1.54) is 0 Å². The van der Waals surface area contributed by atoms with Crippen molar-refractivity contribution in [1.82, 2.24) is 0 Å². The van der Waals surface area contributed by atoms with Crippen molar-refractivity contribution in [2.24, 2.45) is 0 Å². The summed E-state index contributed by atoms with van der Waals surface area (Å²) >= 11 is 0. The summed E-state index contributed by atoms with van der Waals surface area (Å²) in [5.41, 5.74) is 0. The summed E-state index contributed by atoms with van der Waals surface area (Å²) in [6.07, 6.45) is 5.78. The van der Waals surface area contributed by atoms with Gasteiger partial charge in [0, 0.05) is 0 Å². The van der Waals surface area contributed by atoms with Gasteiger partial charge in [0.15, 0.2) is 0 Å². The smallest absolute Gasteiger partial charge is 0.0458 e. The molecule has 0 atom stereocenters. The molecule has 0 N–H and O–H groups in total. The summed E-state index contributed by atoms with van der Waals surface area (Å²) in [6.45, 7) is 0. The van der Waals surface area contributed by atoms with Crippen molar-refractivity contribution in [3.63, 3.8) is 0 Å². The van der Waals surface area contributed by atoms with Crippen LogP contribution in [0.15, 0.2) is 0 Å². The van der Waals surface area contributed by atoms with Gasteiger partial charge in [0.05, 0.1) is 0 Å². The lowest BCUT2D eigenvalue weighted by molar-refractivity contribution is -0.469. The summed E-state index contributed by atoms with van der Waals surface area (Å²) in [6, 6.07) is 0.539. The maximum Gasteiger partial charge on any atom is -0.0458 e. The lowest BCUT2D eigenvalue weighted by Crippen LogP contribution is -2.07. The van der Waals surface area contributed by atoms with Gasteiger partial charge in [-0.15, -0.1) is 17.8 Å². The molecule has 1 aliphatic carbocycles. The number of hydrogen-bond donors (Lipinski definition) is 0. The van der Waals surface area contributed by atoms with E-state index < -0.39 is 0 Å². The number of nitrogens with zero attached hydrogens (tertiary/aromatic N) is 1. The molecule has 0 bridgehead atoms. The molecule has 0 spiro atoms. The molecule has 58 valence electrons. The molecule has 0 saturated heterocycles. The first-order valence-corrected chi connectivity index (χ1v) is 3.80. The predicted octanol–water partition coefficient (Wildman–Crippen LogP) is 2.15. The van der Waals surface area contributed by atoms with Gasteiger partial charge < -0.3 is 0 Å². The monoisotopic (exact) mass is 142 g/mol. The minimum Gasteiger partial charge on any atom is -0.295 e. The van der Waals surface area contributed by atoms with E-state index in [-0.39, 0.29) is 4.92 Å². The Morgan fingerprint density at radius 2 is 1.60 bits per heavy atom. The van der Waals surface area contributed by atoms with Crippen molar-refractivity contribution < 1.29 is 4.92 Å². The molecule has 0 radical (unpaired) electrons. The van der Waals surface area contributed by atoms with Crippen molar-refractivity contribution in [2.45, 2.75) is 38.5 Å². The third-order valence-electron chi connectivity index (χ3n) is 1.94. The van der Waals surface area contributed by atoms with Crippen LogP contribution >= 0.6 is 0 Å². The lowest BCUT2D eigenvalue weighted by Gasteiger charge is -2.17. The van der Waals surface area contributed by atoms with Crippen LogP contribution in [-0.2, 0) is 0 Å². The Morgan fingerprint density at radius 3 is 2.00 bits per heavy atom. The van der Waals surface area contributed by atoms with Crippen LogP contribution < -0.4 is 0 Å². The second-order valence-corrected chi connectivity index (χ2v) is 2.74. The molecule has 3 heteroatoms. The molecule has 1 rings (SSSR count). The van der Waals surface area contributed by atoms with Crippen molar-refractivity contribution in [2.75, 3.05) is 0 Å². The zero-order valence-electron chi connectivity index (χ0n) is 6.01. The maximum atomic E-state index is 10.3. The summed E-state index contributed by atoms with van der Waals surface area (Å²) in [5.74, 6) is 0. The van der Waals surface area contributed by atoms with E-state index in [9.17, 15) is 10.1 Å². The number of hydrogen-bond acceptors (Lipinski definition) is 2. The van der Waals surface area contributed by atoms with Crippen LogP contribution in [0.1, 0.15) is 38.5 Å². The second kappa shape index (κ2) is 3.44. The molecule has 1 fully saturated rings. The van der Waals surface area contributed by atoms with Gasteiger partial charge in [0.25, 0.3) is 0 Å². The van der Waals surface area contributed by atoms with Gasteiger partial charge in [0.2, 0.25) is 0 Å². The Hall–Kier alpha value is -0.730. The highest BCUT2D eigenvalue weighted by Gasteiger charge is 2.07. The quantitative estimate of drug-likeness (QED) is 0.243. The van der Waals surface area contributed by atoms with Crippen molar-refractivity contribution in [3.8, 4) is 0 Å². The number of rotatable bonds is 1. The van der Waals surface area contributed by atoms with Gasteiger partial charge in [-0.3, -0.25) is 10.1 Å². The maximum absolute atomic E-state index is 10.3. The van der Waals surface area contributed by atoms with Crippen molar-refractivity contribution in [3.05, 3.63) is 16.2 Å². The van der Waals surface area contributed by atoms with Crippen LogP contribution in [0.3, 0.4) is 0 Å². The van der Waals surface area contributed by atoms with Gasteiger partial charge in [-0.2, -0.15) is 0 Å². The van der Waals surface area contributed by atoms with E-state index in [1.807, 2.05) is 0 Å². The van der Waals surface area contributed by atoms with Crippen LogP contribution in [0.25, 0.3) is 0 Å². The molecule has 0 unspecified atom stereocenters. The van der Waals surface area contributed by atoms with Crippen LogP contribution in [0.5, 0.6) is 0 Å². The fraction of sp³-hybridized carbons (Fsp3) is 0.857. The normalized spacial score (nSPS) is 20.2. The molecule has 0 aromatic rings. The predicted molar refractivity (Wildman–Crippen MR) is 37.9 cm³/mol. The van der Waals surface area contributed by atoms with E-state index in [1.54, 1.807) is 0 Å². The average Bonchev–Trinajstić information content (AvgIpc) is 2.12. The highest BCUT2D eigenvalue weighted by atomic mass is 16.6. The summed E-state index contributed by atoms with van der Waals surface area (Å²) < 4.78 is 0. The van der Waals surface area contributed by atoms with Gasteiger partial charge in [-0.05, 0) is 6.04 Å². The molecular weight excluding hydrogens is 130 g/mol. The Morgan fingerprint density at radius 1 is 1.10 bits per heavy atom. The Kier molecular flexibility index (Phi) is 2.54. The zero-order valence-corrected chi connectivity index (χ0v) is 6.01. The Labute approximate surface area is 60.6 Å². The third-order valence-corrected chi connectivity index (χ3v) is 1.94. The fourth-order valence-corrected chi connectivity index (χ4v) is 1.32. The minimum absolute atomic E-state index is 0.203. The Bertz CT molecular complexity index is 117. The largest absolute Gasteiger partial charge is 0.295 e. The minimum atomic E-state index is -0.203. The van der Waals surface area contributed by atoms with Gasteiger partial charge >= 0.3 is 0 Å². The molecule has 0 aliphatic heterocycles. The van der Waals surface area contributed by atoms with Gasteiger partial charge in [-0.25, -0.2) is 0 Å². The first-order chi connectivity index (χ1) is 4.80. The first kappa shape index (κ1) is 7.38. The van der Waals surface area contributed by atoms with Crippen molar-refractivity contribution in [1.29, 1.82) is 0 Å². The molecular formula is C7H12NO2-. The van der Waals surface area contributed by atoms with E-state index in [0.717, 1.165) is 25.7 Å². The summed E-state index contributed by atoms with van der Waals surface area (Å²) in [4.78, 5) is 10.1. The lowest BCUT2D eigenvalue weighted by atomic mass is 10.1. The van der Waals surface area contributed by atoms with Crippen LogP contribution in [0.2, 0.25) is 0 Å². The van der Waals surface area contributed by atoms with E-state index in [4.69, 9.17) is 0 Å². The summed E-state index contributed by atoms with van der Waals surface area (Å²) in [7, 11) is 0. The highest BCUT2D eigenvalue weighted by molar-refractivity contribution is 4.78. The molecule has 0 aromatic heterocycles. The standard InChI is InChI=1S/C7H12NO2/c9-8(10)7-5-3-1-2-4-6-7/h1-6H2/q-1. The summed E-state index contributed by atoms with van der Waals surface area (Å²) in [5, 5.41) is 10.3. The zero-order chi connectivity index (χ0) is 7.40. The molecule has 1 aliphatic rings. The van der Waals surface area contributed by atoms with E-state index in [2.05, 4.69) is 0 Å². The van der Waals surface area contributed by atoms with Crippen molar-refractivity contribution >= 4 is 0 Å². The first-order valence-electron chi connectivity index (χ1n) is 3.80. The molecule has 3 nitrogen and oxygen atoms in total. The van der Waals surface area contributed by atoms with Crippen LogP contribution in [0.4, 0.5) is 0 Å². The topological polar surface area (TPSA) is 43.1 Å². The SMILES string of the molecule is O=[N+]([O-])[C-]1CCCCCC1. The third kappa shape index (κ3) is 1.90. The fourth-order valence-electron chi connectivity index (χ4n) is 1.32.